The maximum Gasteiger partial charge on any atom is 0.310 e. The number of nitrogens with zero attached hydrogens (tertiary/aromatic N) is 2. The molecule has 0 saturated carbocycles. The molecule has 0 bridgehead atoms. The van der Waals surface area contributed by atoms with Crippen LogP contribution in [-0.4, -0.2) is 28.5 Å². The number of esters is 1. The summed E-state index contributed by atoms with van der Waals surface area (Å²) in [5, 5.41) is 9.33. The molecule has 0 saturated heterocycles. The summed E-state index contributed by atoms with van der Waals surface area (Å²) in [5.41, 5.74) is -0.352. The van der Waals surface area contributed by atoms with Crippen molar-refractivity contribution in [2.75, 3.05) is 7.11 Å². The van der Waals surface area contributed by atoms with Gasteiger partial charge in [-0.2, -0.15) is 15.4 Å². The van der Waals surface area contributed by atoms with E-state index >= 15 is 0 Å². The zero-order valence-corrected chi connectivity index (χ0v) is 8.37. The van der Waals surface area contributed by atoms with Gasteiger partial charge in [0, 0.05) is 0 Å². The van der Waals surface area contributed by atoms with Crippen molar-refractivity contribution in [1.82, 2.24) is 15.4 Å². The second-order valence-corrected chi connectivity index (χ2v) is 3.40. The summed E-state index contributed by atoms with van der Waals surface area (Å²) in [6.07, 6.45) is 3.17. The molecule has 1 aromatic rings. The maximum atomic E-state index is 10.6. The zero-order chi connectivity index (χ0) is 10.3. The molecule has 0 amide bonds. The molecule has 0 aliphatic rings. The Balaban J connectivity index is 0.000000243. The van der Waals surface area contributed by atoms with Gasteiger partial charge in [0.1, 0.15) is 0 Å². The lowest BCUT2D eigenvalue weighted by molar-refractivity contribution is -0.149. The van der Waals surface area contributed by atoms with Crippen LogP contribution in [0, 0.1) is 5.41 Å². The Labute approximate surface area is 77.5 Å². The van der Waals surface area contributed by atoms with E-state index in [4.69, 9.17) is 0 Å². The molecule has 1 heterocycles. The molecule has 0 spiro atoms. The molecule has 0 radical (unpaired) electrons. The second-order valence-electron chi connectivity index (χ2n) is 3.40. The van der Waals surface area contributed by atoms with E-state index in [1.165, 1.54) is 7.11 Å². The standard InChI is InChI=1S/C6H12O2.C2H3N3/c1-6(2,3)5(7)8-4;1-2-4-5-3-1/h1-4H3;1-2H,(H,3,4,5). The van der Waals surface area contributed by atoms with Gasteiger partial charge in [0.05, 0.1) is 24.9 Å². The van der Waals surface area contributed by atoms with Gasteiger partial charge >= 0.3 is 5.97 Å². The second kappa shape index (κ2) is 5.29. The Morgan fingerprint density at radius 3 is 1.85 bits per heavy atom. The van der Waals surface area contributed by atoms with Crippen LogP contribution in [0.4, 0.5) is 0 Å². The number of methoxy groups -OCH3 is 1. The van der Waals surface area contributed by atoms with Crippen molar-refractivity contribution in [3.63, 3.8) is 0 Å². The minimum Gasteiger partial charge on any atom is -0.469 e. The van der Waals surface area contributed by atoms with E-state index < -0.39 is 0 Å². The number of carbonyl (C=O) groups is 1. The molecular formula is C8H15N3O2. The third-order valence-corrected chi connectivity index (χ3v) is 1.13. The molecule has 0 aromatic carbocycles. The number of ether oxygens (including phenoxy) is 1. The van der Waals surface area contributed by atoms with Crippen molar-refractivity contribution >= 4 is 5.97 Å². The molecule has 13 heavy (non-hydrogen) atoms. The number of carbonyl (C=O) groups excluding carboxylic acids is 1. The normalized spacial score (nSPS) is 9.85. The first kappa shape index (κ1) is 11.6. The lowest BCUT2D eigenvalue weighted by Crippen LogP contribution is -2.21. The van der Waals surface area contributed by atoms with E-state index in [-0.39, 0.29) is 11.4 Å². The highest BCUT2D eigenvalue weighted by Gasteiger charge is 2.21. The highest BCUT2D eigenvalue weighted by Crippen LogP contribution is 2.13. The molecule has 5 heteroatoms. The Morgan fingerprint density at radius 2 is 1.77 bits per heavy atom. The van der Waals surface area contributed by atoms with E-state index in [0.717, 1.165) is 0 Å². The van der Waals surface area contributed by atoms with Crippen LogP contribution in [0.25, 0.3) is 0 Å². The maximum absolute atomic E-state index is 10.6. The highest BCUT2D eigenvalue weighted by atomic mass is 16.5. The van der Waals surface area contributed by atoms with Crippen LogP contribution in [0.15, 0.2) is 12.4 Å². The molecule has 1 N–H and O–H groups in total. The van der Waals surface area contributed by atoms with Crippen LogP contribution in [-0.2, 0) is 9.53 Å². The van der Waals surface area contributed by atoms with Crippen molar-refractivity contribution < 1.29 is 9.53 Å². The predicted molar refractivity (Wildman–Crippen MR) is 47.9 cm³/mol. The summed E-state index contributed by atoms with van der Waals surface area (Å²) in [5.74, 6) is -0.169. The fourth-order valence-electron chi connectivity index (χ4n) is 0.473. The molecule has 74 valence electrons. The minimum absolute atomic E-state index is 0.169. The first-order valence-electron chi connectivity index (χ1n) is 3.86. The van der Waals surface area contributed by atoms with Gasteiger partial charge in [-0.15, -0.1) is 0 Å². The van der Waals surface area contributed by atoms with E-state index in [1.54, 1.807) is 12.4 Å². The van der Waals surface area contributed by atoms with Crippen LogP contribution in [0.5, 0.6) is 0 Å². The van der Waals surface area contributed by atoms with Crippen LogP contribution >= 0.6 is 0 Å². The molecule has 0 unspecified atom stereocenters. The van der Waals surface area contributed by atoms with Gasteiger partial charge in [0.25, 0.3) is 0 Å². The fourth-order valence-corrected chi connectivity index (χ4v) is 0.473. The third-order valence-electron chi connectivity index (χ3n) is 1.13. The van der Waals surface area contributed by atoms with Crippen LogP contribution in [0.3, 0.4) is 0 Å². The lowest BCUT2D eigenvalue weighted by atomic mass is 9.98. The fraction of sp³-hybridized carbons (Fsp3) is 0.625. The van der Waals surface area contributed by atoms with Gasteiger partial charge in [0.15, 0.2) is 0 Å². The number of hydrogen-bond donors (Lipinski definition) is 1. The molecule has 0 aliphatic carbocycles. The average molecular weight is 185 g/mol. The molecule has 0 fully saturated rings. The number of nitrogens with one attached hydrogen (secondary N) is 1. The van der Waals surface area contributed by atoms with E-state index in [9.17, 15) is 4.79 Å². The van der Waals surface area contributed by atoms with Gasteiger partial charge in [-0.3, -0.25) is 4.79 Å². The van der Waals surface area contributed by atoms with Crippen LogP contribution in [0.1, 0.15) is 20.8 Å². The zero-order valence-electron chi connectivity index (χ0n) is 8.37. The summed E-state index contributed by atoms with van der Waals surface area (Å²) in [6.45, 7) is 5.45. The Morgan fingerprint density at radius 1 is 1.31 bits per heavy atom. The number of H-pyrrole nitrogens is 1. The minimum atomic E-state index is -0.352. The Hall–Kier alpha value is -1.39. The summed E-state index contributed by atoms with van der Waals surface area (Å²) in [6, 6.07) is 0. The summed E-state index contributed by atoms with van der Waals surface area (Å²) < 4.78 is 4.48. The number of aromatic amines is 1. The van der Waals surface area contributed by atoms with Crippen LogP contribution in [0.2, 0.25) is 0 Å². The summed E-state index contributed by atoms with van der Waals surface area (Å²) >= 11 is 0. The average Bonchev–Trinajstić information content (AvgIpc) is 2.58. The van der Waals surface area contributed by atoms with Crippen LogP contribution < -0.4 is 0 Å². The van der Waals surface area contributed by atoms with E-state index in [2.05, 4.69) is 20.1 Å². The smallest absolute Gasteiger partial charge is 0.310 e. The lowest BCUT2D eigenvalue weighted by Gasteiger charge is -2.13. The highest BCUT2D eigenvalue weighted by molar-refractivity contribution is 5.75. The molecule has 0 aliphatic heterocycles. The Kier molecular flexibility index (Phi) is 4.72. The van der Waals surface area contributed by atoms with Crippen molar-refractivity contribution in [2.24, 2.45) is 5.41 Å². The molecular weight excluding hydrogens is 170 g/mol. The summed E-state index contributed by atoms with van der Waals surface area (Å²) in [7, 11) is 1.40. The number of aromatic nitrogens is 3. The SMILES string of the molecule is COC(=O)C(C)(C)C.c1cn[nH]n1. The topological polar surface area (TPSA) is 67.9 Å². The van der Waals surface area contributed by atoms with Gasteiger partial charge in [0.2, 0.25) is 0 Å². The van der Waals surface area contributed by atoms with E-state index in [1.807, 2.05) is 20.8 Å². The van der Waals surface area contributed by atoms with Gasteiger partial charge in [-0.25, -0.2) is 0 Å². The molecule has 1 aromatic heterocycles. The van der Waals surface area contributed by atoms with Gasteiger partial charge in [-0.05, 0) is 20.8 Å². The summed E-state index contributed by atoms with van der Waals surface area (Å²) in [4.78, 5) is 10.6. The van der Waals surface area contributed by atoms with Crippen molar-refractivity contribution in [1.29, 1.82) is 0 Å². The third kappa shape index (κ3) is 5.84. The number of hydrogen-bond acceptors (Lipinski definition) is 4. The molecule has 1 rings (SSSR count). The molecule has 0 atom stereocenters. The number of rotatable bonds is 0. The predicted octanol–water partition coefficient (Wildman–Crippen LogP) is 1.01. The Bertz CT molecular complexity index is 209. The monoisotopic (exact) mass is 185 g/mol. The van der Waals surface area contributed by atoms with Crippen molar-refractivity contribution in [3.05, 3.63) is 12.4 Å². The van der Waals surface area contributed by atoms with Gasteiger partial charge < -0.3 is 4.74 Å². The largest absolute Gasteiger partial charge is 0.469 e. The molecule has 5 nitrogen and oxygen atoms in total. The van der Waals surface area contributed by atoms with Crippen molar-refractivity contribution in [2.45, 2.75) is 20.8 Å². The van der Waals surface area contributed by atoms with E-state index in [0.29, 0.717) is 0 Å². The van der Waals surface area contributed by atoms with Crippen molar-refractivity contribution in [3.8, 4) is 0 Å². The van der Waals surface area contributed by atoms with Gasteiger partial charge in [-0.1, -0.05) is 0 Å². The quantitative estimate of drug-likeness (QED) is 0.612. The first-order chi connectivity index (χ1) is 5.98. The first-order valence-corrected chi connectivity index (χ1v) is 3.86.